The molecule has 0 N–H and O–H groups in total. The van der Waals surface area contributed by atoms with Crippen LogP contribution in [0.4, 0.5) is 0 Å². The van der Waals surface area contributed by atoms with Crippen molar-refractivity contribution in [2.24, 2.45) is 0 Å². The number of nitrogens with zero attached hydrogens (tertiary/aromatic N) is 1. The van der Waals surface area contributed by atoms with Gasteiger partial charge in [-0.25, -0.2) is 8.42 Å². The van der Waals surface area contributed by atoms with Gasteiger partial charge in [-0.1, -0.05) is 44.2 Å². The lowest BCUT2D eigenvalue weighted by atomic mass is 9.89. The van der Waals surface area contributed by atoms with Crippen LogP contribution in [-0.4, -0.2) is 31.2 Å². The summed E-state index contributed by atoms with van der Waals surface area (Å²) >= 11 is 1.61. The molecule has 1 unspecified atom stereocenters. The maximum atomic E-state index is 13.6. The van der Waals surface area contributed by atoms with Crippen LogP contribution in [0.25, 0.3) is 0 Å². The van der Waals surface area contributed by atoms with Gasteiger partial charge >= 0.3 is 0 Å². The van der Waals surface area contributed by atoms with Crippen molar-refractivity contribution in [2.45, 2.75) is 64.0 Å². The largest absolute Gasteiger partial charge is 0.488 e. The van der Waals surface area contributed by atoms with Gasteiger partial charge in [-0.3, -0.25) is 4.79 Å². The molecule has 0 saturated heterocycles. The number of aryl methyl sites for hydroxylation is 1. The van der Waals surface area contributed by atoms with Crippen LogP contribution in [0.1, 0.15) is 71.5 Å². The molecule has 1 aliphatic rings. The average molecular weight is 498 g/mol. The third kappa shape index (κ3) is 4.69. The van der Waals surface area contributed by atoms with Crippen molar-refractivity contribution in [1.82, 2.24) is 4.31 Å². The summed E-state index contributed by atoms with van der Waals surface area (Å²) in [6.45, 7) is 8.32. The molecule has 0 bridgehead atoms. The SMILES string of the molecule is CCC(c1ccc(C)c(CN2C[C@@H](CC)Oc3ccccc3S2(=O)=O)c1)c1sccc1C(C)=O. The van der Waals surface area contributed by atoms with Gasteiger partial charge in [0.25, 0.3) is 0 Å². The van der Waals surface area contributed by atoms with E-state index in [-0.39, 0.29) is 29.2 Å². The number of hydrogen-bond acceptors (Lipinski definition) is 5. The van der Waals surface area contributed by atoms with Gasteiger partial charge in [0.2, 0.25) is 10.0 Å². The third-order valence-corrected chi connectivity index (χ3v) is 9.43. The molecule has 5 nitrogen and oxygen atoms in total. The molecule has 0 aliphatic carbocycles. The summed E-state index contributed by atoms with van der Waals surface area (Å²) in [5, 5.41) is 1.97. The Kier molecular flexibility index (Phi) is 7.26. The van der Waals surface area contributed by atoms with Crippen molar-refractivity contribution in [3.63, 3.8) is 0 Å². The number of rotatable bonds is 7. The first-order valence-corrected chi connectivity index (χ1v) is 14.0. The lowest BCUT2D eigenvalue weighted by Gasteiger charge is -2.24. The van der Waals surface area contributed by atoms with Gasteiger partial charge in [0, 0.05) is 22.9 Å². The number of hydrogen-bond donors (Lipinski definition) is 0. The maximum absolute atomic E-state index is 13.6. The molecule has 0 radical (unpaired) electrons. The second-order valence-electron chi connectivity index (χ2n) is 8.79. The van der Waals surface area contributed by atoms with Gasteiger partial charge < -0.3 is 4.74 Å². The number of sulfonamides is 1. The Labute approximate surface area is 206 Å². The molecule has 2 heterocycles. The minimum absolute atomic E-state index is 0.0713. The Morgan fingerprint density at radius 1 is 1.18 bits per heavy atom. The summed E-state index contributed by atoms with van der Waals surface area (Å²) in [4.78, 5) is 13.4. The number of thiophene rings is 1. The first kappa shape index (κ1) is 24.6. The molecule has 34 heavy (non-hydrogen) atoms. The molecule has 0 amide bonds. The van der Waals surface area contributed by atoms with Crippen LogP contribution in [0.2, 0.25) is 0 Å². The minimum atomic E-state index is -3.71. The van der Waals surface area contributed by atoms with Crippen LogP contribution in [0.5, 0.6) is 5.75 Å². The highest BCUT2D eigenvalue weighted by Crippen LogP contribution is 2.37. The number of ether oxygens (including phenoxy) is 1. The van der Waals surface area contributed by atoms with E-state index >= 15 is 0 Å². The zero-order valence-electron chi connectivity index (χ0n) is 20.1. The predicted octanol–water partition coefficient (Wildman–Crippen LogP) is 6.16. The molecule has 3 aromatic rings. The maximum Gasteiger partial charge on any atom is 0.247 e. The van der Waals surface area contributed by atoms with Crippen molar-refractivity contribution < 1.29 is 17.9 Å². The Morgan fingerprint density at radius 2 is 1.94 bits per heavy atom. The molecule has 0 saturated carbocycles. The second kappa shape index (κ2) is 10.0. The summed E-state index contributed by atoms with van der Waals surface area (Å²) in [5.41, 5.74) is 3.88. The summed E-state index contributed by atoms with van der Waals surface area (Å²) < 4.78 is 34.8. The zero-order chi connectivity index (χ0) is 24.5. The topological polar surface area (TPSA) is 63.7 Å². The van der Waals surface area contributed by atoms with Crippen LogP contribution in [0, 0.1) is 6.92 Å². The molecule has 1 aromatic heterocycles. The molecule has 1 aliphatic heterocycles. The first-order chi connectivity index (χ1) is 16.3. The molecule has 0 spiro atoms. The number of para-hydroxylation sites is 1. The van der Waals surface area contributed by atoms with E-state index in [2.05, 4.69) is 25.1 Å². The third-order valence-electron chi connectivity index (χ3n) is 6.54. The standard InChI is InChI=1S/C27H31NO4S2/c1-5-22-17-28(34(30,31)26-10-8-7-9-25(26)32-22)16-21-15-20(12-11-18(21)3)23(6-2)27-24(19(4)29)13-14-33-27/h7-15,22-23H,5-6,16-17H2,1-4H3/t22-,23?/m1/s1. The molecule has 180 valence electrons. The molecule has 2 aromatic carbocycles. The van der Waals surface area contributed by atoms with Crippen molar-refractivity contribution in [3.05, 3.63) is 81.0 Å². The fourth-order valence-electron chi connectivity index (χ4n) is 4.53. The van der Waals surface area contributed by atoms with Crippen LogP contribution in [-0.2, 0) is 16.6 Å². The average Bonchev–Trinajstić information content (AvgIpc) is 3.26. The second-order valence-corrected chi connectivity index (χ2v) is 11.6. The smallest absolute Gasteiger partial charge is 0.247 e. The van der Waals surface area contributed by atoms with E-state index in [4.69, 9.17) is 4.74 Å². The molecule has 7 heteroatoms. The highest BCUT2D eigenvalue weighted by atomic mass is 32.2. The van der Waals surface area contributed by atoms with Gasteiger partial charge in [0.1, 0.15) is 16.7 Å². The minimum Gasteiger partial charge on any atom is -0.488 e. The number of ketones is 1. The van der Waals surface area contributed by atoms with Gasteiger partial charge in [0.05, 0.1) is 6.54 Å². The predicted molar refractivity (Wildman–Crippen MR) is 136 cm³/mol. The van der Waals surface area contributed by atoms with Crippen LogP contribution in [0.15, 0.2) is 58.8 Å². The fraction of sp³-hybridized carbons (Fsp3) is 0.370. The van der Waals surface area contributed by atoms with Crippen molar-refractivity contribution in [2.75, 3.05) is 6.54 Å². The number of fused-ring (bicyclic) bond motifs is 1. The number of carbonyl (C=O) groups excluding carboxylic acids is 1. The highest BCUT2D eigenvalue weighted by molar-refractivity contribution is 7.89. The van der Waals surface area contributed by atoms with Crippen molar-refractivity contribution in [1.29, 1.82) is 0 Å². The van der Waals surface area contributed by atoms with E-state index in [9.17, 15) is 13.2 Å². The quantitative estimate of drug-likeness (QED) is 0.367. The van der Waals surface area contributed by atoms with E-state index in [0.717, 1.165) is 33.6 Å². The Hall–Kier alpha value is -2.48. The van der Waals surface area contributed by atoms with Crippen LogP contribution in [0.3, 0.4) is 0 Å². The summed E-state index contributed by atoms with van der Waals surface area (Å²) in [5.74, 6) is 0.580. The summed E-state index contributed by atoms with van der Waals surface area (Å²) in [6.07, 6.45) is 1.35. The number of benzene rings is 2. The molecular formula is C27H31NO4S2. The Bertz CT molecular complexity index is 1300. The van der Waals surface area contributed by atoms with E-state index in [0.29, 0.717) is 18.7 Å². The van der Waals surface area contributed by atoms with E-state index in [1.165, 1.54) is 0 Å². The Balaban J connectivity index is 1.72. The molecule has 0 fully saturated rings. The van der Waals surface area contributed by atoms with Crippen molar-refractivity contribution >= 4 is 27.1 Å². The summed E-state index contributed by atoms with van der Waals surface area (Å²) in [6, 6.07) is 15.0. The lowest BCUT2D eigenvalue weighted by Crippen LogP contribution is -2.36. The van der Waals surface area contributed by atoms with E-state index < -0.39 is 10.0 Å². The van der Waals surface area contributed by atoms with Crippen LogP contribution < -0.4 is 4.74 Å². The monoisotopic (exact) mass is 497 g/mol. The fourth-order valence-corrected chi connectivity index (χ4v) is 7.25. The lowest BCUT2D eigenvalue weighted by molar-refractivity contribution is 0.101. The molecule has 2 atom stereocenters. The van der Waals surface area contributed by atoms with Gasteiger partial charge in [-0.05, 0) is 67.0 Å². The Morgan fingerprint density at radius 3 is 2.65 bits per heavy atom. The molecule has 4 rings (SSSR count). The normalized spacial score (nSPS) is 18.5. The van der Waals surface area contributed by atoms with Crippen LogP contribution >= 0.6 is 11.3 Å². The van der Waals surface area contributed by atoms with Gasteiger partial charge in [-0.15, -0.1) is 11.3 Å². The van der Waals surface area contributed by atoms with Gasteiger partial charge in [-0.2, -0.15) is 4.31 Å². The van der Waals surface area contributed by atoms with Crippen molar-refractivity contribution in [3.8, 4) is 5.75 Å². The van der Waals surface area contributed by atoms with E-state index in [1.807, 2.05) is 25.3 Å². The first-order valence-electron chi connectivity index (χ1n) is 11.7. The summed E-state index contributed by atoms with van der Waals surface area (Å²) in [7, 11) is -3.71. The van der Waals surface area contributed by atoms with Gasteiger partial charge in [0.15, 0.2) is 5.78 Å². The zero-order valence-corrected chi connectivity index (χ0v) is 21.7. The number of Topliss-reactive ketones (excluding diaryl/α,β-unsaturated/α-hetero) is 1. The highest BCUT2D eigenvalue weighted by Gasteiger charge is 2.34. The number of carbonyl (C=O) groups is 1. The molecular weight excluding hydrogens is 466 g/mol. The van der Waals surface area contributed by atoms with E-state index in [1.54, 1.807) is 46.8 Å².